The Bertz CT molecular complexity index is 896. The van der Waals surface area contributed by atoms with Crippen LogP contribution in [0.25, 0.3) is 0 Å². The molecule has 0 spiro atoms. The molecule has 0 aliphatic heterocycles. The molecule has 8 nitrogen and oxygen atoms in total. The summed E-state index contributed by atoms with van der Waals surface area (Å²) in [6.45, 7) is 0.754. The van der Waals surface area contributed by atoms with E-state index in [4.69, 9.17) is 4.52 Å². The van der Waals surface area contributed by atoms with Crippen molar-refractivity contribution in [3.8, 4) is 0 Å². The van der Waals surface area contributed by atoms with E-state index in [1.165, 1.54) is 0 Å². The van der Waals surface area contributed by atoms with Crippen LogP contribution in [0.5, 0.6) is 0 Å². The second kappa shape index (κ2) is 10.6. The molecule has 11 heteroatoms. The first-order valence-corrected chi connectivity index (χ1v) is 10.5. The van der Waals surface area contributed by atoms with E-state index >= 15 is 0 Å². The van der Waals surface area contributed by atoms with Crippen molar-refractivity contribution in [2.75, 3.05) is 11.9 Å². The number of ether oxygens (including phenoxy) is 1. The monoisotopic (exact) mass is 454 g/mol. The maximum atomic E-state index is 12.3. The first-order valence-electron chi connectivity index (χ1n) is 10.5. The van der Waals surface area contributed by atoms with E-state index < -0.39 is 23.5 Å². The van der Waals surface area contributed by atoms with Crippen molar-refractivity contribution in [2.45, 2.75) is 64.0 Å². The Kier molecular flexibility index (Phi) is 7.81. The van der Waals surface area contributed by atoms with Crippen molar-refractivity contribution in [3.05, 3.63) is 36.1 Å². The molecule has 32 heavy (non-hydrogen) atoms. The quantitative estimate of drug-likeness (QED) is 0.326. The van der Waals surface area contributed by atoms with Crippen molar-refractivity contribution >= 4 is 17.8 Å². The molecule has 0 aromatic carbocycles. The van der Waals surface area contributed by atoms with Gasteiger partial charge >= 0.3 is 18.1 Å². The van der Waals surface area contributed by atoms with Crippen molar-refractivity contribution in [2.24, 2.45) is 5.41 Å². The number of nitrogens with zero attached hydrogens (tertiary/aromatic N) is 3. The molecule has 0 unspecified atom stereocenters. The summed E-state index contributed by atoms with van der Waals surface area (Å²) >= 11 is 0. The van der Waals surface area contributed by atoms with Crippen LogP contribution in [0, 0.1) is 5.41 Å². The van der Waals surface area contributed by atoms with Crippen molar-refractivity contribution in [1.82, 2.24) is 15.1 Å². The van der Waals surface area contributed by atoms with E-state index in [1.807, 2.05) is 18.2 Å². The van der Waals surface area contributed by atoms with Crippen molar-refractivity contribution < 1.29 is 32.0 Å². The number of carbonyl (C=O) groups is 2. The highest BCUT2D eigenvalue weighted by molar-refractivity contribution is 5.88. The Labute approximate surface area is 182 Å². The second-order valence-electron chi connectivity index (χ2n) is 8.02. The number of aromatic nitrogens is 3. The van der Waals surface area contributed by atoms with Gasteiger partial charge in [0.2, 0.25) is 5.89 Å². The SMILES string of the molecule is O=C(CC1(Cc2nc(CCCCNc3ccccn3)no2)CCCC1)OC(=O)C(F)(F)F. The predicted molar refractivity (Wildman–Crippen MR) is 106 cm³/mol. The van der Waals surface area contributed by atoms with Crippen LogP contribution in [0.1, 0.15) is 56.7 Å². The van der Waals surface area contributed by atoms with Gasteiger partial charge in [0.05, 0.1) is 6.42 Å². The Hall–Kier alpha value is -2.98. The van der Waals surface area contributed by atoms with Gasteiger partial charge in [-0.25, -0.2) is 9.78 Å². The minimum Gasteiger partial charge on any atom is -0.386 e. The van der Waals surface area contributed by atoms with E-state index in [0.29, 0.717) is 31.0 Å². The summed E-state index contributed by atoms with van der Waals surface area (Å²) in [5.74, 6) is -1.99. The number of unbranched alkanes of at least 4 members (excludes halogenated alkanes) is 1. The third-order valence-corrected chi connectivity index (χ3v) is 5.46. The Morgan fingerprint density at radius 2 is 1.97 bits per heavy atom. The van der Waals surface area contributed by atoms with Gasteiger partial charge in [-0.3, -0.25) is 4.79 Å². The van der Waals surface area contributed by atoms with Crippen LogP contribution in [-0.2, 0) is 27.2 Å². The fourth-order valence-corrected chi connectivity index (χ4v) is 3.92. The zero-order valence-electron chi connectivity index (χ0n) is 17.5. The number of alkyl halides is 3. The van der Waals surface area contributed by atoms with E-state index in [0.717, 1.165) is 38.0 Å². The lowest BCUT2D eigenvalue weighted by molar-refractivity contribution is -0.202. The molecule has 1 fully saturated rings. The third kappa shape index (κ3) is 7.03. The Morgan fingerprint density at radius 1 is 1.19 bits per heavy atom. The van der Waals surface area contributed by atoms with Crippen LogP contribution < -0.4 is 5.32 Å². The molecular weight excluding hydrogens is 429 g/mol. The van der Waals surface area contributed by atoms with E-state index in [2.05, 4.69) is 25.2 Å². The smallest absolute Gasteiger partial charge is 0.386 e. The molecule has 0 bridgehead atoms. The van der Waals surface area contributed by atoms with Crippen LogP contribution in [0.15, 0.2) is 28.9 Å². The van der Waals surface area contributed by atoms with E-state index in [9.17, 15) is 22.8 Å². The van der Waals surface area contributed by atoms with Gasteiger partial charge in [-0.05, 0) is 43.2 Å². The molecule has 2 heterocycles. The number of hydrogen-bond acceptors (Lipinski definition) is 8. The molecule has 1 aliphatic rings. The van der Waals surface area contributed by atoms with Crippen molar-refractivity contribution in [3.63, 3.8) is 0 Å². The standard InChI is InChI=1S/C21H25F3N4O4/c22-21(23,24)19(30)31-18(29)14-20(9-3-4-10-20)13-17-27-16(28-32-17)8-2-6-12-26-15-7-1-5-11-25-15/h1,5,7,11H,2-4,6,8-10,12-14H2,(H,25,26). The molecule has 0 amide bonds. The molecule has 0 atom stereocenters. The minimum absolute atomic E-state index is 0.260. The van der Waals surface area contributed by atoms with Gasteiger partial charge in [0.25, 0.3) is 0 Å². The number of pyridine rings is 1. The molecular formula is C21H25F3N4O4. The molecule has 3 rings (SSSR count). The molecule has 2 aromatic rings. The molecule has 1 N–H and O–H groups in total. The lowest BCUT2D eigenvalue weighted by atomic mass is 9.79. The number of anilines is 1. The normalized spacial score (nSPS) is 15.5. The number of aryl methyl sites for hydroxylation is 1. The third-order valence-electron chi connectivity index (χ3n) is 5.46. The summed E-state index contributed by atoms with van der Waals surface area (Å²) in [5, 5.41) is 7.18. The Morgan fingerprint density at radius 3 is 2.66 bits per heavy atom. The topological polar surface area (TPSA) is 107 Å². The number of hydrogen-bond donors (Lipinski definition) is 1. The van der Waals surface area contributed by atoms with Gasteiger partial charge in [0, 0.05) is 25.6 Å². The zero-order chi connectivity index (χ0) is 23.0. The summed E-state index contributed by atoms with van der Waals surface area (Å²) in [6, 6.07) is 5.64. The minimum atomic E-state index is -5.20. The molecule has 2 aromatic heterocycles. The first kappa shape index (κ1) is 23.7. The lowest BCUT2D eigenvalue weighted by Crippen LogP contribution is -2.31. The summed E-state index contributed by atoms with van der Waals surface area (Å²) in [5.41, 5.74) is -0.640. The highest BCUT2D eigenvalue weighted by atomic mass is 19.4. The summed E-state index contributed by atoms with van der Waals surface area (Å²) in [7, 11) is 0. The van der Waals surface area contributed by atoms with Gasteiger partial charge in [0.15, 0.2) is 5.82 Å². The molecule has 1 saturated carbocycles. The summed E-state index contributed by atoms with van der Waals surface area (Å²) < 4.78 is 46.3. The van der Waals surface area contributed by atoms with Crippen molar-refractivity contribution in [1.29, 1.82) is 0 Å². The average Bonchev–Trinajstić information content (AvgIpc) is 3.37. The maximum Gasteiger partial charge on any atom is 0.491 e. The summed E-state index contributed by atoms with van der Waals surface area (Å²) in [6.07, 6.45) is 1.67. The Balaban J connectivity index is 1.46. The van der Waals surface area contributed by atoms with Crippen LogP contribution in [0.3, 0.4) is 0 Å². The predicted octanol–water partition coefficient (Wildman–Crippen LogP) is 4.02. The van der Waals surface area contributed by atoms with E-state index in [-0.39, 0.29) is 12.8 Å². The molecule has 1 aliphatic carbocycles. The largest absolute Gasteiger partial charge is 0.491 e. The fourth-order valence-electron chi connectivity index (χ4n) is 3.92. The number of carbonyl (C=O) groups excluding carboxylic acids is 2. The molecule has 174 valence electrons. The highest BCUT2D eigenvalue weighted by Gasteiger charge is 2.44. The number of halogens is 3. The van der Waals surface area contributed by atoms with Crippen LogP contribution in [0.4, 0.5) is 19.0 Å². The van der Waals surface area contributed by atoms with Gasteiger partial charge in [-0.15, -0.1) is 0 Å². The lowest BCUT2D eigenvalue weighted by Gasteiger charge is -2.25. The van der Waals surface area contributed by atoms with Gasteiger partial charge in [-0.1, -0.05) is 24.1 Å². The zero-order valence-corrected chi connectivity index (χ0v) is 17.5. The number of rotatable bonds is 10. The first-order chi connectivity index (χ1) is 15.3. The fraction of sp³-hybridized carbons (Fsp3) is 0.571. The highest BCUT2D eigenvalue weighted by Crippen LogP contribution is 2.44. The molecule has 0 radical (unpaired) electrons. The van der Waals surface area contributed by atoms with Gasteiger partial charge < -0.3 is 14.6 Å². The second-order valence-corrected chi connectivity index (χ2v) is 8.02. The maximum absolute atomic E-state index is 12.3. The van der Waals surface area contributed by atoms with Gasteiger partial charge in [0.1, 0.15) is 5.82 Å². The van der Waals surface area contributed by atoms with Crippen LogP contribution >= 0.6 is 0 Å². The number of nitrogens with one attached hydrogen (secondary N) is 1. The van der Waals surface area contributed by atoms with Gasteiger partial charge in [-0.2, -0.15) is 18.2 Å². The molecule has 0 saturated heterocycles. The number of esters is 2. The average molecular weight is 454 g/mol. The summed E-state index contributed by atoms with van der Waals surface area (Å²) in [4.78, 5) is 31.4. The van der Waals surface area contributed by atoms with Crippen LogP contribution in [-0.4, -0.2) is 39.8 Å². The van der Waals surface area contributed by atoms with E-state index in [1.54, 1.807) is 6.20 Å². The van der Waals surface area contributed by atoms with Crippen LogP contribution in [0.2, 0.25) is 0 Å².